The molecule has 0 radical (unpaired) electrons. The second-order valence-corrected chi connectivity index (χ2v) is 11.1. The van der Waals surface area contributed by atoms with Crippen LogP contribution in [0.25, 0.3) is 0 Å². The number of benzene rings is 3. The zero-order chi connectivity index (χ0) is 31.6. The number of rotatable bonds is 14. The molecule has 2 aliphatic heterocycles. The highest BCUT2D eigenvalue weighted by Crippen LogP contribution is 2.34. The van der Waals surface area contributed by atoms with Crippen LogP contribution < -0.4 is 0 Å². The fourth-order valence-corrected chi connectivity index (χ4v) is 5.55. The van der Waals surface area contributed by atoms with Crippen LogP contribution in [0.1, 0.15) is 16.7 Å². The quantitative estimate of drug-likeness (QED) is 0.208. The Bertz CT molecular complexity index is 1190. The number of aliphatic hydroxyl groups is 4. The van der Waals surface area contributed by atoms with Crippen molar-refractivity contribution in [1.82, 2.24) is 0 Å². The molecule has 2 heterocycles. The minimum absolute atomic E-state index is 0.0951. The molecule has 0 aliphatic carbocycles. The first kappa shape index (κ1) is 33.6. The van der Waals surface area contributed by atoms with Gasteiger partial charge < -0.3 is 53.6 Å². The number of ether oxygens (including phenoxy) is 7. The summed E-state index contributed by atoms with van der Waals surface area (Å²) in [4.78, 5) is 0. The van der Waals surface area contributed by atoms with Crippen LogP contribution in [0, 0.1) is 0 Å². The first-order valence-corrected chi connectivity index (χ1v) is 15.1. The van der Waals surface area contributed by atoms with E-state index in [-0.39, 0.29) is 19.8 Å². The molecular formula is C34H42O11. The van der Waals surface area contributed by atoms with E-state index >= 15 is 0 Å². The summed E-state index contributed by atoms with van der Waals surface area (Å²) in [6, 6.07) is 28.4. The molecule has 0 spiro atoms. The second-order valence-electron chi connectivity index (χ2n) is 11.1. The summed E-state index contributed by atoms with van der Waals surface area (Å²) < 4.78 is 43.2. The zero-order valence-corrected chi connectivity index (χ0v) is 25.1. The van der Waals surface area contributed by atoms with Crippen molar-refractivity contribution in [2.75, 3.05) is 20.3 Å². The Kier molecular flexibility index (Phi) is 12.4. The molecule has 0 bridgehead atoms. The summed E-state index contributed by atoms with van der Waals surface area (Å²) in [6.45, 7) is -0.528. The average molecular weight is 627 g/mol. The number of methoxy groups -OCH3 is 1. The number of hydrogen-bond acceptors (Lipinski definition) is 11. The summed E-state index contributed by atoms with van der Waals surface area (Å²) in [5.41, 5.74) is 2.62. The maximum absolute atomic E-state index is 11.2. The van der Waals surface area contributed by atoms with Crippen molar-refractivity contribution < 1.29 is 53.6 Å². The van der Waals surface area contributed by atoms with Gasteiger partial charge >= 0.3 is 0 Å². The summed E-state index contributed by atoms with van der Waals surface area (Å²) in [5, 5.41) is 42.2. The lowest BCUT2D eigenvalue weighted by molar-refractivity contribution is -0.371. The topological polar surface area (TPSA) is 146 Å². The molecule has 11 nitrogen and oxygen atoms in total. The van der Waals surface area contributed by atoms with Crippen molar-refractivity contribution in [2.24, 2.45) is 0 Å². The van der Waals surface area contributed by atoms with Gasteiger partial charge in [-0.05, 0) is 16.7 Å². The Morgan fingerprint density at radius 1 is 0.533 bits per heavy atom. The monoisotopic (exact) mass is 626 g/mol. The molecular weight excluding hydrogens is 584 g/mol. The molecule has 10 atom stereocenters. The highest BCUT2D eigenvalue weighted by atomic mass is 16.8. The van der Waals surface area contributed by atoms with Gasteiger partial charge in [-0.25, -0.2) is 0 Å². The van der Waals surface area contributed by atoms with E-state index in [1.54, 1.807) is 0 Å². The van der Waals surface area contributed by atoms with Gasteiger partial charge in [0.05, 0.1) is 33.0 Å². The van der Waals surface area contributed by atoms with Gasteiger partial charge in [0.25, 0.3) is 0 Å². The van der Waals surface area contributed by atoms with Gasteiger partial charge in [-0.15, -0.1) is 0 Å². The van der Waals surface area contributed by atoms with E-state index < -0.39 is 74.6 Å². The standard InChI is InChI=1S/C34H42O11/c1-39-33-32(42-21-24-15-9-4-10-16-24)31(29(26(18-36)44-33)40-19-22-11-5-2-6-12-22)45-34-30(28(38)27(37)25(17-35)43-34)41-20-23-13-7-3-8-14-23/h2-16,25-38H,17-21H2,1H3/t25-,26-,27-,28+,29-,30-,31+,32-,33+,34-/m1/s1. The van der Waals surface area contributed by atoms with Gasteiger partial charge in [0, 0.05) is 7.11 Å². The molecule has 2 fully saturated rings. The second kappa shape index (κ2) is 16.7. The lowest BCUT2D eigenvalue weighted by Gasteiger charge is -2.48. The molecule has 5 rings (SSSR count). The normalized spacial score (nSPS) is 31.9. The molecule has 4 N–H and O–H groups in total. The highest BCUT2D eigenvalue weighted by molar-refractivity contribution is 5.15. The van der Waals surface area contributed by atoms with Crippen molar-refractivity contribution in [1.29, 1.82) is 0 Å². The zero-order valence-electron chi connectivity index (χ0n) is 25.1. The average Bonchev–Trinajstić information content (AvgIpc) is 3.09. The van der Waals surface area contributed by atoms with Crippen molar-refractivity contribution in [3.05, 3.63) is 108 Å². The third-order valence-electron chi connectivity index (χ3n) is 7.98. The minimum atomic E-state index is -1.45. The smallest absolute Gasteiger partial charge is 0.187 e. The maximum Gasteiger partial charge on any atom is 0.187 e. The summed E-state index contributed by atoms with van der Waals surface area (Å²) in [6.07, 6.45) is -11.1. The Hall–Kier alpha value is -2.78. The lowest BCUT2D eigenvalue weighted by atomic mass is 9.96. The van der Waals surface area contributed by atoms with Crippen LogP contribution in [0.5, 0.6) is 0 Å². The first-order chi connectivity index (χ1) is 22.0. The predicted molar refractivity (Wildman–Crippen MR) is 160 cm³/mol. The van der Waals surface area contributed by atoms with E-state index in [9.17, 15) is 20.4 Å². The Balaban J connectivity index is 1.45. The van der Waals surface area contributed by atoms with Crippen LogP contribution >= 0.6 is 0 Å². The molecule has 3 aromatic carbocycles. The van der Waals surface area contributed by atoms with Crippen molar-refractivity contribution in [2.45, 2.75) is 81.2 Å². The summed E-state index contributed by atoms with van der Waals surface area (Å²) >= 11 is 0. The van der Waals surface area contributed by atoms with E-state index in [1.807, 2.05) is 91.0 Å². The van der Waals surface area contributed by atoms with E-state index in [1.165, 1.54) is 7.11 Å². The molecule has 0 unspecified atom stereocenters. The van der Waals surface area contributed by atoms with E-state index in [2.05, 4.69) is 0 Å². The Morgan fingerprint density at radius 3 is 1.44 bits per heavy atom. The molecule has 244 valence electrons. The van der Waals surface area contributed by atoms with Gasteiger partial charge in [0.1, 0.15) is 48.8 Å². The van der Waals surface area contributed by atoms with Crippen LogP contribution in [0.15, 0.2) is 91.0 Å². The Labute approximate surface area is 262 Å². The molecule has 2 aliphatic rings. The minimum Gasteiger partial charge on any atom is -0.394 e. The lowest BCUT2D eigenvalue weighted by Crippen LogP contribution is -2.65. The molecule has 2 saturated heterocycles. The maximum atomic E-state index is 11.2. The highest BCUT2D eigenvalue weighted by Gasteiger charge is 2.53. The van der Waals surface area contributed by atoms with Gasteiger partial charge in [0.2, 0.25) is 0 Å². The third-order valence-corrected chi connectivity index (χ3v) is 7.98. The van der Waals surface area contributed by atoms with Crippen LogP contribution in [-0.2, 0) is 53.0 Å². The predicted octanol–water partition coefficient (Wildman–Crippen LogP) is 1.93. The van der Waals surface area contributed by atoms with E-state index in [0.717, 1.165) is 16.7 Å². The van der Waals surface area contributed by atoms with E-state index in [4.69, 9.17) is 33.2 Å². The molecule has 0 saturated carbocycles. The number of hydrogen-bond donors (Lipinski definition) is 4. The number of aliphatic hydroxyl groups excluding tert-OH is 4. The van der Waals surface area contributed by atoms with Crippen LogP contribution in [0.4, 0.5) is 0 Å². The molecule has 3 aromatic rings. The first-order valence-electron chi connectivity index (χ1n) is 15.1. The molecule has 11 heteroatoms. The summed E-state index contributed by atoms with van der Waals surface area (Å²) in [5.74, 6) is 0. The SMILES string of the molecule is CO[C@H]1O[C@H](CO)[C@@H](OCc2ccccc2)[C@H](O[C@H]2O[C@H](CO)[C@@H](O)[C@H](O)[C@H]2OCc2ccccc2)[C@H]1OCc1ccccc1. The van der Waals surface area contributed by atoms with Gasteiger partial charge in [-0.3, -0.25) is 0 Å². The van der Waals surface area contributed by atoms with Gasteiger partial charge in [0.15, 0.2) is 12.6 Å². The fraction of sp³-hybridized carbons (Fsp3) is 0.471. The van der Waals surface area contributed by atoms with Crippen molar-refractivity contribution in [3.63, 3.8) is 0 Å². The molecule has 0 amide bonds. The Morgan fingerprint density at radius 2 is 0.978 bits per heavy atom. The largest absolute Gasteiger partial charge is 0.394 e. The molecule has 0 aromatic heterocycles. The van der Waals surface area contributed by atoms with E-state index in [0.29, 0.717) is 0 Å². The van der Waals surface area contributed by atoms with Crippen LogP contribution in [0.2, 0.25) is 0 Å². The van der Waals surface area contributed by atoms with Crippen molar-refractivity contribution in [3.8, 4) is 0 Å². The van der Waals surface area contributed by atoms with Gasteiger partial charge in [-0.1, -0.05) is 91.0 Å². The third kappa shape index (κ3) is 8.53. The van der Waals surface area contributed by atoms with Crippen LogP contribution in [0.3, 0.4) is 0 Å². The fourth-order valence-electron chi connectivity index (χ4n) is 5.55. The molecule has 45 heavy (non-hydrogen) atoms. The summed E-state index contributed by atoms with van der Waals surface area (Å²) in [7, 11) is 1.46. The van der Waals surface area contributed by atoms with Crippen molar-refractivity contribution >= 4 is 0 Å². The van der Waals surface area contributed by atoms with Gasteiger partial charge in [-0.2, -0.15) is 0 Å². The van der Waals surface area contributed by atoms with Crippen LogP contribution in [-0.4, -0.2) is 102 Å².